The Bertz CT molecular complexity index is 1230. The summed E-state index contributed by atoms with van der Waals surface area (Å²) < 4.78 is 19.8. The number of halogens is 2. The van der Waals surface area contributed by atoms with Gasteiger partial charge in [0.25, 0.3) is 5.91 Å². The SMILES string of the molecule is C=CCc1cc(/C=C(/C#N)C(=O)Nc2ccc(C)cc2)cc(Br)c1OCc1ccc(F)cc1. The molecule has 0 saturated carbocycles. The van der Waals surface area contributed by atoms with Crippen LogP contribution in [-0.4, -0.2) is 5.91 Å². The molecule has 4 nitrogen and oxygen atoms in total. The van der Waals surface area contributed by atoms with E-state index in [0.717, 1.165) is 16.7 Å². The second-order valence-corrected chi connectivity index (χ2v) is 8.24. The van der Waals surface area contributed by atoms with Gasteiger partial charge in [0.2, 0.25) is 0 Å². The summed E-state index contributed by atoms with van der Waals surface area (Å²) in [6.45, 7) is 6.02. The van der Waals surface area contributed by atoms with Crippen molar-refractivity contribution in [3.63, 3.8) is 0 Å². The van der Waals surface area contributed by atoms with Crippen LogP contribution in [0.2, 0.25) is 0 Å². The standard InChI is InChI=1S/C27H22BrFN2O2/c1-3-4-21-13-20(14-22(16-30)27(32)31-24-11-5-18(2)6-12-24)15-25(28)26(21)33-17-19-7-9-23(29)10-8-19/h3,5-15H,1,4,17H2,2H3,(H,31,32)/b22-14-. The molecule has 0 unspecified atom stereocenters. The maximum Gasteiger partial charge on any atom is 0.266 e. The Balaban J connectivity index is 1.84. The summed E-state index contributed by atoms with van der Waals surface area (Å²) in [5.41, 5.74) is 4.01. The third-order valence-electron chi connectivity index (χ3n) is 4.79. The molecule has 0 radical (unpaired) electrons. The smallest absolute Gasteiger partial charge is 0.266 e. The van der Waals surface area contributed by atoms with Crippen LogP contribution in [0.5, 0.6) is 5.75 Å². The maximum absolute atomic E-state index is 13.1. The number of amides is 1. The van der Waals surface area contributed by atoms with Gasteiger partial charge in [0.05, 0.1) is 4.47 Å². The van der Waals surface area contributed by atoms with E-state index in [2.05, 4.69) is 27.8 Å². The molecular weight excluding hydrogens is 483 g/mol. The molecule has 0 heterocycles. The van der Waals surface area contributed by atoms with Gasteiger partial charge in [-0.3, -0.25) is 4.79 Å². The predicted octanol–water partition coefficient (Wildman–Crippen LogP) is 6.75. The van der Waals surface area contributed by atoms with Gasteiger partial charge in [-0.05, 0) is 88.4 Å². The number of rotatable bonds is 8. The van der Waals surface area contributed by atoms with Crippen molar-refractivity contribution < 1.29 is 13.9 Å². The van der Waals surface area contributed by atoms with Gasteiger partial charge in [-0.25, -0.2) is 4.39 Å². The van der Waals surface area contributed by atoms with Crippen molar-refractivity contribution in [2.45, 2.75) is 20.0 Å². The van der Waals surface area contributed by atoms with Gasteiger partial charge >= 0.3 is 0 Å². The molecule has 0 aliphatic carbocycles. The van der Waals surface area contributed by atoms with Crippen molar-refractivity contribution in [2.75, 3.05) is 5.32 Å². The first-order valence-corrected chi connectivity index (χ1v) is 11.0. The fourth-order valence-electron chi connectivity index (χ4n) is 3.11. The second kappa shape index (κ2) is 11.3. The summed E-state index contributed by atoms with van der Waals surface area (Å²) in [6.07, 6.45) is 3.80. The summed E-state index contributed by atoms with van der Waals surface area (Å²) in [5, 5.41) is 12.3. The molecule has 0 aliphatic rings. The number of carbonyl (C=O) groups is 1. The van der Waals surface area contributed by atoms with E-state index in [9.17, 15) is 14.4 Å². The number of aryl methyl sites for hydroxylation is 1. The minimum atomic E-state index is -0.487. The molecule has 1 N–H and O–H groups in total. The number of allylic oxidation sites excluding steroid dienone is 1. The topological polar surface area (TPSA) is 62.1 Å². The van der Waals surface area contributed by atoms with Gasteiger partial charge in [0.15, 0.2) is 0 Å². The molecular formula is C27H22BrFN2O2. The van der Waals surface area contributed by atoms with E-state index in [1.54, 1.807) is 36.4 Å². The van der Waals surface area contributed by atoms with Crippen LogP contribution in [0.4, 0.5) is 10.1 Å². The van der Waals surface area contributed by atoms with E-state index < -0.39 is 5.91 Å². The largest absolute Gasteiger partial charge is 0.487 e. The lowest BCUT2D eigenvalue weighted by Crippen LogP contribution is -2.13. The van der Waals surface area contributed by atoms with Crippen LogP contribution < -0.4 is 10.1 Å². The molecule has 6 heteroatoms. The van der Waals surface area contributed by atoms with Crippen LogP contribution in [0.25, 0.3) is 6.08 Å². The van der Waals surface area contributed by atoms with E-state index in [4.69, 9.17) is 4.74 Å². The van der Waals surface area contributed by atoms with Crippen molar-refractivity contribution in [2.24, 2.45) is 0 Å². The summed E-state index contributed by atoms with van der Waals surface area (Å²) in [4.78, 5) is 12.6. The zero-order chi connectivity index (χ0) is 23.8. The molecule has 0 spiro atoms. The molecule has 3 rings (SSSR count). The van der Waals surface area contributed by atoms with E-state index in [1.807, 2.05) is 31.2 Å². The second-order valence-electron chi connectivity index (χ2n) is 7.39. The maximum atomic E-state index is 13.1. The molecule has 3 aromatic carbocycles. The number of anilines is 1. The first kappa shape index (κ1) is 24.0. The van der Waals surface area contributed by atoms with Crippen LogP contribution in [0.15, 0.2) is 83.4 Å². The van der Waals surface area contributed by atoms with Crippen LogP contribution in [0, 0.1) is 24.1 Å². The normalized spacial score (nSPS) is 10.9. The third-order valence-corrected chi connectivity index (χ3v) is 5.38. The van der Waals surface area contributed by atoms with Crippen molar-refractivity contribution in [3.8, 4) is 11.8 Å². The van der Waals surface area contributed by atoms with E-state index in [1.165, 1.54) is 18.2 Å². The lowest BCUT2D eigenvalue weighted by molar-refractivity contribution is -0.112. The number of benzene rings is 3. The van der Waals surface area contributed by atoms with Crippen LogP contribution in [0.3, 0.4) is 0 Å². The average molecular weight is 505 g/mol. The van der Waals surface area contributed by atoms with Crippen LogP contribution in [0.1, 0.15) is 22.3 Å². The Kier molecular flexibility index (Phi) is 8.17. The van der Waals surface area contributed by atoms with Gasteiger partial charge in [0, 0.05) is 5.69 Å². The van der Waals surface area contributed by atoms with Crippen molar-refractivity contribution >= 4 is 33.6 Å². The molecule has 33 heavy (non-hydrogen) atoms. The van der Waals surface area contributed by atoms with Gasteiger partial charge in [-0.2, -0.15) is 5.26 Å². The zero-order valence-corrected chi connectivity index (χ0v) is 19.7. The highest BCUT2D eigenvalue weighted by atomic mass is 79.9. The summed E-state index contributed by atoms with van der Waals surface area (Å²) in [5.74, 6) is -0.165. The molecule has 0 saturated heterocycles. The Morgan fingerprint density at radius 2 is 1.88 bits per heavy atom. The molecule has 1 amide bonds. The van der Waals surface area contributed by atoms with Gasteiger partial charge < -0.3 is 10.1 Å². The fraction of sp³-hybridized carbons (Fsp3) is 0.111. The molecule has 0 fully saturated rings. The predicted molar refractivity (Wildman–Crippen MR) is 132 cm³/mol. The third kappa shape index (κ3) is 6.64. The Hall–Kier alpha value is -3.69. The van der Waals surface area contributed by atoms with Crippen molar-refractivity contribution in [1.82, 2.24) is 0 Å². The summed E-state index contributed by atoms with van der Waals surface area (Å²) in [6, 6.07) is 19.0. The summed E-state index contributed by atoms with van der Waals surface area (Å²) in [7, 11) is 0. The van der Waals surface area contributed by atoms with Crippen molar-refractivity contribution in [1.29, 1.82) is 5.26 Å². The lowest BCUT2D eigenvalue weighted by Gasteiger charge is -2.14. The number of nitrogens with one attached hydrogen (secondary N) is 1. The number of ether oxygens (including phenoxy) is 1. The highest BCUT2D eigenvalue weighted by Crippen LogP contribution is 2.33. The van der Waals surface area contributed by atoms with Crippen LogP contribution >= 0.6 is 15.9 Å². The molecule has 0 aliphatic heterocycles. The minimum Gasteiger partial charge on any atom is -0.487 e. The summed E-state index contributed by atoms with van der Waals surface area (Å²) >= 11 is 3.53. The number of hydrogen-bond donors (Lipinski definition) is 1. The van der Waals surface area contributed by atoms with E-state index in [0.29, 0.717) is 27.9 Å². The zero-order valence-electron chi connectivity index (χ0n) is 18.1. The molecule has 0 aromatic heterocycles. The number of nitrogens with zero attached hydrogens (tertiary/aromatic N) is 1. The Morgan fingerprint density at radius 3 is 2.52 bits per heavy atom. The Labute approximate surface area is 201 Å². The van der Waals surface area contributed by atoms with Gasteiger partial charge in [-0.15, -0.1) is 6.58 Å². The van der Waals surface area contributed by atoms with E-state index in [-0.39, 0.29) is 18.0 Å². The molecule has 0 atom stereocenters. The minimum absolute atomic E-state index is 0.0213. The average Bonchev–Trinajstić information content (AvgIpc) is 2.79. The first-order chi connectivity index (χ1) is 15.9. The Morgan fingerprint density at radius 1 is 1.18 bits per heavy atom. The van der Waals surface area contributed by atoms with Gasteiger partial charge in [-0.1, -0.05) is 35.9 Å². The number of hydrogen-bond acceptors (Lipinski definition) is 3. The van der Waals surface area contributed by atoms with Gasteiger partial charge in [0.1, 0.15) is 29.8 Å². The highest BCUT2D eigenvalue weighted by molar-refractivity contribution is 9.10. The van der Waals surface area contributed by atoms with Crippen LogP contribution in [-0.2, 0) is 17.8 Å². The number of nitriles is 1. The molecule has 0 bridgehead atoms. The molecule has 166 valence electrons. The fourth-order valence-corrected chi connectivity index (χ4v) is 3.75. The number of carbonyl (C=O) groups excluding carboxylic acids is 1. The molecule has 3 aromatic rings. The quantitative estimate of drug-likeness (QED) is 0.209. The monoisotopic (exact) mass is 504 g/mol. The lowest BCUT2D eigenvalue weighted by atomic mass is 10.0. The van der Waals surface area contributed by atoms with E-state index >= 15 is 0 Å². The first-order valence-electron chi connectivity index (χ1n) is 10.2. The van der Waals surface area contributed by atoms with Crippen molar-refractivity contribution in [3.05, 3.63) is 111 Å². The highest BCUT2D eigenvalue weighted by Gasteiger charge is 2.13.